The standard InChI is InChI=1S/C25H30N4OS/c1-19-7-5-11-23(27-19)26-17-20-12-14-29(18-20)15-13-24(30)28-25(22-10-6-16-31-22)21-8-3-2-4-9-21/h2-11,16,20,25H,12-15,17-18H2,1H3,(H,26,27)(H,28,30). The van der Waals surface area contributed by atoms with Gasteiger partial charge in [0.05, 0.1) is 6.04 Å². The summed E-state index contributed by atoms with van der Waals surface area (Å²) in [5, 5.41) is 8.76. The number of carbonyl (C=O) groups excluding carboxylic acids is 1. The third kappa shape index (κ3) is 6.15. The van der Waals surface area contributed by atoms with Crippen molar-refractivity contribution in [2.75, 3.05) is 31.5 Å². The fourth-order valence-corrected chi connectivity index (χ4v) is 4.89. The van der Waals surface area contributed by atoms with Crippen molar-refractivity contribution < 1.29 is 4.79 Å². The van der Waals surface area contributed by atoms with E-state index in [1.54, 1.807) is 11.3 Å². The van der Waals surface area contributed by atoms with Gasteiger partial charge in [-0.1, -0.05) is 42.5 Å². The number of hydrogen-bond donors (Lipinski definition) is 2. The fourth-order valence-electron chi connectivity index (χ4n) is 4.09. The Morgan fingerprint density at radius 2 is 2.03 bits per heavy atom. The monoisotopic (exact) mass is 434 g/mol. The Balaban J connectivity index is 1.24. The van der Waals surface area contributed by atoms with Gasteiger partial charge in [-0.2, -0.15) is 0 Å². The number of nitrogens with one attached hydrogen (secondary N) is 2. The van der Waals surface area contributed by atoms with Crippen LogP contribution in [0.5, 0.6) is 0 Å². The van der Waals surface area contributed by atoms with Crippen molar-refractivity contribution in [3.05, 3.63) is 82.2 Å². The number of thiophene rings is 1. The zero-order valence-electron chi connectivity index (χ0n) is 18.0. The van der Waals surface area contributed by atoms with Gasteiger partial charge in [0.1, 0.15) is 5.82 Å². The molecule has 1 fully saturated rings. The van der Waals surface area contributed by atoms with Gasteiger partial charge >= 0.3 is 0 Å². The number of amides is 1. The molecule has 1 aliphatic rings. The van der Waals surface area contributed by atoms with Crippen molar-refractivity contribution in [1.82, 2.24) is 15.2 Å². The van der Waals surface area contributed by atoms with Gasteiger partial charge in [0.15, 0.2) is 0 Å². The lowest BCUT2D eigenvalue weighted by molar-refractivity contribution is -0.121. The molecule has 1 saturated heterocycles. The topological polar surface area (TPSA) is 57.3 Å². The van der Waals surface area contributed by atoms with Crippen LogP contribution >= 0.6 is 11.3 Å². The van der Waals surface area contributed by atoms with E-state index in [2.05, 4.69) is 44.1 Å². The van der Waals surface area contributed by atoms with Gasteiger partial charge in [0, 0.05) is 36.6 Å². The number of benzene rings is 1. The van der Waals surface area contributed by atoms with E-state index >= 15 is 0 Å². The number of nitrogens with zero attached hydrogens (tertiary/aromatic N) is 2. The zero-order valence-corrected chi connectivity index (χ0v) is 18.8. The van der Waals surface area contributed by atoms with E-state index in [9.17, 15) is 4.79 Å². The zero-order chi connectivity index (χ0) is 21.5. The minimum atomic E-state index is -0.0777. The molecule has 3 aromatic rings. The molecule has 0 radical (unpaired) electrons. The SMILES string of the molecule is Cc1cccc(NCC2CCN(CCC(=O)NC(c3ccccc3)c3cccs3)C2)n1. The number of aromatic nitrogens is 1. The summed E-state index contributed by atoms with van der Waals surface area (Å²) < 4.78 is 0. The summed E-state index contributed by atoms with van der Waals surface area (Å²) in [6.45, 7) is 5.81. The van der Waals surface area contributed by atoms with Gasteiger partial charge in [0.25, 0.3) is 0 Å². The molecular formula is C25H30N4OS. The van der Waals surface area contributed by atoms with Gasteiger partial charge in [-0.05, 0) is 54.9 Å². The summed E-state index contributed by atoms with van der Waals surface area (Å²) in [5.41, 5.74) is 2.15. The lowest BCUT2D eigenvalue weighted by Crippen LogP contribution is -2.32. The van der Waals surface area contributed by atoms with Crippen LogP contribution in [-0.2, 0) is 4.79 Å². The second kappa shape index (κ2) is 10.6. The highest BCUT2D eigenvalue weighted by molar-refractivity contribution is 7.10. The molecule has 1 aromatic carbocycles. The second-order valence-corrected chi connectivity index (χ2v) is 9.16. The molecule has 1 aliphatic heterocycles. The molecule has 2 aromatic heterocycles. The molecule has 31 heavy (non-hydrogen) atoms. The first-order chi connectivity index (χ1) is 15.2. The highest BCUT2D eigenvalue weighted by atomic mass is 32.1. The predicted molar refractivity (Wildman–Crippen MR) is 127 cm³/mol. The van der Waals surface area contributed by atoms with Gasteiger partial charge < -0.3 is 15.5 Å². The van der Waals surface area contributed by atoms with Gasteiger partial charge in [-0.15, -0.1) is 11.3 Å². The first kappa shape index (κ1) is 21.5. The number of rotatable bonds is 9. The molecule has 0 spiro atoms. The van der Waals surface area contributed by atoms with Crippen LogP contribution in [-0.4, -0.2) is 42.0 Å². The predicted octanol–water partition coefficient (Wildman–Crippen LogP) is 4.48. The van der Waals surface area contributed by atoms with E-state index < -0.39 is 0 Å². The Morgan fingerprint density at radius 1 is 1.16 bits per heavy atom. The largest absolute Gasteiger partial charge is 0.370 e. The van der Waals surface area contributed by atoms with Crippen LogP contribution in [0, 0.1) is 12.8 Å². The minimum Gasteiger partial charge on any atom is -0.370 e. The van der Waals surface area contributed by atoms with Crippen LogP contribution in [0.2, 0.25) is 0 Å². The third-order valence-corrected chi connectivity index (χ3v) is 6.69. The molecule has 0 aliphatic carbocycles. The lowest BCUT2D eigenvalue weighted by Gasteiger charge is -2.20. The first-order valence-corrected chi connectivity index (χ1v) is 11.8. The molecular weight excluding hydrogens is 404 g/mol. The summed E-state index contributed by atoms with van der Waals surface area (Å²) in [6, 6.07) is 20.3. The van der Waals surface area contributed by atoms with Crippen molar-refractivity contribution >= 4 is 23.1 Å². The van der Waals surface area contributed by atoms with E-state index in [-0.39, 0.29) is 11.9 Å². The van der Waals surface area contributed by atoms with Crippen LogP contribution in [0.4, 0.5) is 5.82 Å². The summed E-state index contributed by atoms with van der Waals surface area (Å²) in [7, 11) is 0. The smallest absolute Gasteiger partial charge is 0.222 e. The molecule has 2 atom stereocenters. The highest BCUT2D eigenvalue weighted by Gasteiger charge is 2.23. The quantitative estimate of drug-likeness (QED) is 0.521. The number of aryl methyl sites for hydroxylation is 1. The Kier molecular flexibility index (Phi) is 7.33. The maximum Gasteiger partial charge on any atom is 0.222 e. The van der Waals surface area contributed by atoms with Crippen molar-refractivity contribution in [2.45, 2.75) is 25.8 Å². The lowest BCUT2D eigenvalue weighted by atomic mass is 10.1. The number of carbonyl (C=O) groups is 1. The normalized spacial score (nSPS) is 17.4. The van der Waals surface area contributed by atoms with Crippen molar-refractivity contribution in [3.63, 3.8) is 0 Å². The average molecular weight is 435 g/mol. The van der Waals surface area contributed by atoms with Gasteiger partial charge in [0.2, 0.25) is 5.91 Å². The van der Waals surface area contributed by atoms with Crippen LogP contribution in [0.15, 0.2) is 66.0 Å². The van der Waals surface area contributed by atoms with Crippen LogP contribution < -0.4 is 10.6 Å². The first-order valence-electron chi connectivity index (χ1n) is 10.9. The summed E-state index contributed by atoms with van der Waals surface area (Å²) >= 11 is 1.68. The summed E-state index contributed by atoms with van der Waals surface area (Å²) in [5.74, 6) is 1.64. The van der Waals surface area contributed by atoms with Crippen LogP contribution in [0.25, 0.3) is 0 Å². The fraction of sp³-hybridized carbons (Fsp3) is 0.360. The maximum absolute atomic E-state index is 12.7. The van der Waals surface area contributed by atoms with E-state index in [1.165, 1.54) is 0 Å². The molecule has 2 unspecified atom stereocenters. The van der Waals surface area contributed by atoms with Crippen LogP contribution in [0.3, 0.4) is 0 Å². The molecule has 1 amide bonds. The van der Waals surface area contributed by atoms with E-state index in [0.717, 1.165) is 54.6 Å². The highest BCUT2D eigenvalue weighted by Crippen LogP contribution is 2.26. The third-order valence-electron chi connectivity index (χ3n) is 5.75. The molecule has 6 heteroatoms. The number of pyridine rings is 1. The van der Waals surface area contributed by atoms with Crippen molar-refractivity contribution in [1.29, 1.82) is 0 Å². The number of likely N-dealkylation sites (tertiary alicyclic amines) is 1. The Hall–Kier alpha value is -2.70. The molecule has 5 nitrogen and oxygen atoms in total. The van der Waals surface area contributed by atoms with Crippen molar-refractivity contribution in [3.8, 4) is 0 Å². The maximum atomic E-state index is 12.7. The minimum absolute atomic E-state index is 0.0777. The Morgan fingerprint density at radius 3 is 2.81 bits per heavy atom. The second-order valence-electron chi connectivity index (χ2n) is 8.18. The van der Waals surface area contributed by atoms with E-state index in [4.69, 9.17) is 0 Å². The van der Waals surface area contributed by atoms with Gasteiger partial charge in [-0.3, -0.25) is 4.79 Å². The van der Waals surface area contributed by atoms with Crippen LogP contribution in [0.1, 0.15) is 35.0 Å². The molecule has 0 bridgehead atoms. The number of hydrogen-bond acceptors (Lipinski definition) is 5. The van der Waals surface area contributed by atoms with E-state index in [1.807, 2.05) is 49.4 Å². The Bertz CT molecular complexity index is 961. The molecule has 4 rings (SSSR count). The summed E-state index contributed by atoms with van der Waals surface area (Å²) in [6.07, 6.45) is 1.68. The molecule has 162 valence electrons. The van der Waals surface area contributed by atoms with Gasteiger partial charge in [-0.25, -0.2) is 4.98 Å². The molecule has 0 saturated carbocycles. The summed E-state index contributed by atoms with van der Waals surface area (Å²) in [4.78, 5) is 20.8. The molecule has 3 heterocycles. The van der Waals surface area contributed by atoms with E-state index in [0.29, 0.717) is 12.3 Å². The van der Waals surface area contributed by atoms with Crippen molar-refractivity contribution in [2.24, 2.45) is 5.92 Å². The Labute approximate surface area is 188 Å². The molecule has 2 N–H and O–H groups in total. The average Bonchev–Trinajstić information content (AvgIpc) is 3.48. The number of anilines is 1.